The summed E-state index contributed by atoms with van der Waals surface area (Å²) in [4.78, 5) is -0.0277. The minimum atomic E-state index is -3.77. The number of piperidine rings is 1. The van der Waals surface area contributed by atoms with Crippen LogP contribution in [0.2, 0.25) is 10.0 Å². The highest BCUT2D eigenvalue weighted by atomic mass is 35.5. The average molecular weight is 396 g/mol. The van der Waals surface area contributed by atoms with Gasteiger partial charge in [-0.05, 0) is 33.8 Å². The SMILES string of the molecule is COc1cc(Cl)c(S(=O)(=O)NC2CC(C)(C)[NH2+]C(C)(C)C2)cc1Cl. The van der Waals surface area contributed by atoms with Crippen LogP contribution >= 0.6 is 23.2 Å². The molecule has 0 spiro atoms. The van der Waals surface area contributed by atoms with Gasteiger partial charge in [0.05, 0.1) is 28.2 Å². The van der Waals surface area contributed by atoms with E-state index in [4.69, 9.17) is 27.9 Å². The first kappa shape index (κ1) is 19.8. The molecule has 0 radical (unpaired) electrons. The van der Waals surface area contributed by atoms with E-state index in [1.54, 1.807) is 0 Å². The first-order valence-electron chi connectivity index (χ1n) is 7.78. The fourth-order valence-corrected chi connectivity index (χ4v) is 5.84. The van der Waals surface area contributed by atoms with Crippen LogP contribution in [-0.2, 0) is 10.0 Å². The number of hydrogen-bond donors (Lipinski definition) is 2. The summed E-state index contributed by atoms with van der Waals surface area (Å²) in [5.74, 6) is 0.343. The average Bonchev–Trinajstić information content (AvgIpc) is 2.36. The molecular weight excluding hydrogens is 371 g/mol. The van der Waals surface area contributed by atoms with E-state index in [2.05, 4.69) is 37.7 Å². The lowest BCUT2D eigenvalue weighted by Crippen LogP contribution is -3.06. The molecular formula is C16H25Cl2N2O3S+. The maximum Gasteiger partial charge on any atom is 0.242 e. The second-order valence-corrected chi connectivity index (χ2v) is 10.3. The number of rotatable bonds is 4. The molecule has 1 aliphatic heterocycles. The fraction of sp³-hybridized carbons (Fsp3) is 0.625. The molecule has 8 heteroatoms. The van der Waals surface area contributed by atoms with Crippen molar-refractivity contribution in [2.75, 3.05) is 7.11 Å². The summed E-state index contributed by atoms with van der Waals surface area (Å²) in [7, 11) is -2.32. The zero-order valence-corrected chi connectivity index (χ0v) is 16.9. The molecule has 1 aromatic rings. The highest BCUT2D eigenvalue weighted by Gasteiger charge is 2.43. The van der Waals surface area contributed by atoms with Crippen LogP contribution in [0.15, 0.2) is 17.0 Å². The molecule has 1 heterocycles. The second kappa shape index (κ2) is 6.65. The monoisotopic (exact) mass is 395 g/mol. The Morgan fingerprint density at radius 1 is 1.12 bits per heavy atom. The number of halogens is 2. The first-order chi connectivity index (χ1) is 10.9. The van der Waals surface area contributed by atoms with Crippen LogP contribution in [0.1, 0.15) is 40.5 Å². The predicted molar refractivity (Wildman–Crippen MR) is 96.4 cm³/mol. The molecule has 1 saturated heterocycles. The van der Waals surface area contributed by atoms with Crippen LogP contribution in [0.5, 0.6) is 5.75 Å². The molecule has 0 bridgehead atoms. The number of quaternary nitrogens is 1. The van der Waals surface area contributed by atoms with Crippen LogP contribution < -0.4 is 14.8 Å². The Bertz CT molecular complexity index is 717. The fourth-order valence-electron chi connectivity index (χ4n) is 3.76. The van der Waals surface area contributed by atoms with E-state index in [0.29, 0.717) is 5.75 Å². The molecule has 0 amide bonds. The van der Waals surface area contributed by atoms with Gasteiger partial charge in [0, 0.05) is 24.9 Å². The summed E-state index contributed by atoms with van der Waals surface area (Å²) in [5.41, 5.74) is -0.0907. The van der Waals surface area contributed by atoms with Gasteiger partial charge in [0.25, 0.3) is 0 Å². The Morgan fingerprint density at radius 2 is 1.67 bits per heavy atom. The summed E-state index contributed by atoms with van der Waals surface area (Å²) >= 11 is 12.2. The molecule has 2 rings (SSSR count). The summed E-state index contributed by atoms with van der Waals surface area (Å²) < 4.78 is 33.4. The van der Waals surface area contributed by atoms with Crippen molar-refractivity contribution in [1.29, 1.82) is 0 Å². The number of ether oxygens (including phenoxy) is 1. The number of sulfonamides is 1. The summed E-state index contributed by atoms with van der Waals surface area (Å²) in [6, 6.07) is 2.58. The Labute approximate surface area is 154 Å². The van der Waals surface area contributed by atoms with Crippen molar-refractivity contribution in [3.05, 3.63) is 22.2 Å². The molecule has 5 nitrogen and oxygen atoms in total. The number of benzene rings is 1. The Hall–Kier alpha value is -0.530. The largest absolute Gasteiger partial charge is 0.495 e. The third kappa shape index (κ3) is 4.55. The van der Waals surface area contributed by atoms with Crippen LogP contribution in [-0.4, -0.2) is 32.6 Å². The number of methoxy groups -OCH3 is 1. The second-order valence-electron chi connectivity index (χ2n) is 7.77. The number of nitrogens with one attached hydrogen (secondary N) is 1. The van der Waals surface area contributed by atoms with Gasteiger partial charge in [0.1, 0.15) is 10.6 Å². The van der Waals surface area contributed by atoms with Crippen LogP contribution in [0.25, 0.3) is 0 Å². The van der Waals surface area contributed by atoms with Crippen molar-refractivity contribution in [1.82, 2.24) is 4.72 Å². The van der Waals surface area contributed by atoms with Crippen LogP contribution in [0.4, 0.5) is 0 Å². The highest BCUT2D eigenvalue weighted by Crippen LogP contribution is 2.34. The summed E-state index contributed by atoms with van der Waals surface area (Å²) in [5, 5.41) is 2.59. The lowest BCUT2D eigenvalue weighted by atomic mass is 9.80. The van der Waals surface area contributed by atoms with Gasteiger partial charge in [0.2, 0.25) is 10.0 Å². The van der Waals surface area contributed by atoms with Crippen molar-refractivity contribution in [3.8, 4) is 5.75 Å². The topological polar surface area (TPSA) is 72.0 Å². The molecule has 136 valence electrons. The molecule has 3 N–H and O–H groups in total. The molecule has 1 aliphatic rings. The van der Waals surface area contributed by atoms with Gasteiger partial charge in [-0.25, -0.2) is 13.1 Å². The van der Waals surface area contributed by atoms with Crippen molar-refractivity contribution >= 4 is 33.2 Å². The third-order valence-electron chi connectivity index (χ3n) is 4.14. The van der Waals surface area contributed by atoms with Crippen molar-refractivity contribution in [3.63, 3.8) is 0 Å². The molecule has 0 saturated carbocycles. The predicted octanol–water partition coefficient (Wildman–Crippen LogP) is 2.56. The Balaban J connectivity index is 2.30. The van der Waals surface area contributed by atoms with Gasteiger partial charge >= 0.3 is 0 Å². The van der Waals surface area contributed by atoms with Crippen molar-refractivity contribution in [2.45, 2.75) is 62.6 Å². The van der Waals surface area contributed by atoms with E-state index in [1.807, 2.05) is 0 Å². The summed E-state index contributed by atoms with van der Waals surface area (Å²) in [6.45, 7) is 8.47. The smallest absolute Gasteiger partial charge is 0.242 e. The maximum absolute atomic E-state index is 12.8. The van der Waals surface area contributed by atoms with E-state index in [-0.39, 0.29) is 32.1 Å². The zero-order valence-electron chi connectivity index (χ0n) is 14.6. The van der Waals surface area contributed by atoms with Crippen LogP contribution in [0.3, 0.4) is 0 Å². The van der Waals surface area contributed by atoms with Gasteiger partial charge in [-0.3, -0.25) is 0 Å². The third-order valence-corrected chi connectivity index (χ3v) is 6.42. The van der Waals surface area contributed by atoms with E-state index < -0.39 is 10.0 Å². The normalized spacial score (nSPS) is 20.8. The molecule has 0 unspecified atom stereocenters. The molecule has 0 aliphatic carbocycles. The van der Waals surface area contributed by atoms with Gasteiger partial charge < -0.3 is 10.1 Å². The summed E-state index contributed by atoms with van der Waals surface area (Å²) in [6.07, 6.45) is 1.47. The van der Waals surface area contributed by atoms with Gasteiger partial charge in [-0.15, -0.1) is 0 Å². The molecule has 0 aromatic heterocycles. The van der Waals surface area contributed by atoms with Gasteiger partial charge in [-0.1, -0.05) is 23.2 Å². The zero-order chi connectivity index (χ0) is 18.3. The minimum absolute atomic E-state index is 0.0277. The lowest BCUT2D eigenvalue weighted by Gasteiger charge is -2.43. The molecule has 1 aromatic carbocycles. The highest BCUT2D eigenvalue weighted by molar-refractivity contribution is 7.89. The minimum Gasteiger partial charge on any atom is -0.495 e. The van der Waals surface area contributed by atoms with Crippen molar-refractivity contribution in [2.24, 2.45) is 0 Å². The standard InChI is InChI=1S/C16H24Cl2N2O3S/c1-15(2)8-10(9-16(3,4)20-15)19-24(21,22)14-7-11(17)13(23-5)6-12(14)18/h6-7,10,19-20H,8-9H2,1-5H3/p+1. The quantitative estimate of drug-likeness (QED) is 0.822. The Morgan fingerprint density at radius 3 is 2.17 bits per heavy atom. The van der Waals surface area contributed by atoms with Crippen molar-refractivity contribution < 1.29 is 18.5 Å². The first-order valence-corrected chi connectivity index (χ1v) is 10.0. The molecule has 0 atom stereocenters. The maximum atomic E-state index is 12.8. The van der Waals surface area contributed by atoms with E-state index >= 15 is 0 Å². The van der Waals surface area contributed by atoms with E-state index in [1.165, 1.54) is 19.2 Å². The lowest BCUT2D eigenvalue weighted by molar-refractivity contribution is -0.787. The van der Waals surface area contributed by atoms with E-state index in [9.17, 15) is 8.42 Å². The Kier molecular flexibility index (Phi) is 5.48. The van der Waals surface area contributed by atoms with Gasteiger partial charge in [0.15, 0.2) is 0 Å². The molecule has 1 fully saturated rings. The van der Waals surface area contributed by atoms with Crippen LogP contribution in [0, 0.1) is 0 Å². The molecule has 24 heavy (non-hydrogen) atoms. The number of hydrogen-bond acceptors (Lipinski definition) is 3. The van der Waals surface area contributed by atoms with E-state index in [0.717, 1.165) is 12.8 Å². The number of nitrogens with two attached hydrogens (primary N) is 1. The van der Waals surface area contributed by atoms with Gasteiger partial charge in [-0.2, -0.15) is 0 Å².